The Morgan fingerprint density at radius 1 is 1.14 bits per heavy atom. The molecule has 0 aliphatic carbocycles. The number of hydrogen-bond acceptors (Lipinski definition) is 0. The molecule has 0 aliphatic rings. The summed E-state index contributed by atoms with van der Waals surface area (Å²) in [5.41, 5.74) is -0.497. The van der Waals surface area contributed by atoms with Gasteiger partial charge >= 0.3 is 0 Å². The second-order valence-electron chi connectivity index (χ2n) is 2.92. The lowest BCUT2D eigenvalue weighted by Crippen LogP contribution is -2.04. The second kappa shape index (κ2) is 3.75. The topological polar surface area (TPSA) is 0 Å². The third-order valence-corrected chi connectivity index (χ3v) is 2.18. The van der Waals surface area contributed by atoms with Gasteiger partial charge in [-0.2, -0.15) is 0 Å². The third kappa shape index (κ3) is 1.37. The van der Waals surface area contributed by atoms with Crippen molar-refractivity contribution < 1.29 is 13.2 Å². The fourth-order valence-corrected chi connectivity index (χ4v) is 1.37. The molecule has 0 saturated heterocycles. The highest BCUT2D eigenvalue weighted by molar-refractivity contribution is 5.43. The van der Waals surface area contributed by atoms with E-state index in [4.69, 9.17) is 6.42 Å². The van der Waals surface area contributed by atoms with Crippen molar-refractivity contribution in [3.8, 4) is 12.3 Å². The summed E-state index contributed by atoms with van der Waals surface area (Å²) in [6.07, 6.45) is 5.18. The van der Waals surface area contributed by atoms with Crippen LogP contribution in [-0.2, 0) is 6.42 Å². The molecule has 0 N–H and O–H groups in total. The van der Waals surface area contributed by atoms with Crippen molar-refractivity contribution in [3.63, 3.8) is 0 Å². The van der Waals surface area contributed by atoms with E-state index in [2.05, 4.69) is 0 Å². The Hall–Kier alpha value is -1.43. The fourth-order valence-electron chi connectivity index (χ4n) is 1.37. The second-order valence-corrected chi connectivity index (χ2v) is 2.92. The highest BCUT2D eigenvalue weighted by atomic mass is 19.2. The maximum Gasteiger partial charge on any atom is 0.177 e. The molecule has 0 nitrogen and oxygen atoms in total. The first-order valence-electron chi connectivity index (χ1n) is 4.17. The van der Waals surface area contributed by atoms with Crippen LogP contribution in [0.4, 0.5) is 13.2 Å². The van der Waals surface area contributed by atoms with Crippen LogP contribution in [0, 0.1) is 36.7 Å². The number of halogens is 3. The van der Waals surface area contributed by atoms with Crippen LogP contribution in [0.15, 0.2) is 0 Å². The molecule has 0 aliphatic heterocycles. The summed E-state index contributed by atoms with van der Waals surface area (Å²) in [5.74, 6) is -1.35. The Morgan fingerprint density at radius 2 is 1.71 bits per heavy atom. The summed E-state index contributed by atoms with van der Waals surface area (Å²) < 4.78 is 39.7. The fraction of sp³-hybridized carbons (Fsp3) is 0.273. The Morgan fingerprint density at radius 3 is 2.14 bits per heavy atom. The van der Waals surface area contributed by atoms with E-state index >= 15 is 0 Å². The molecule has 0 spiro atoms. The highest BCUT2D eigenvalue weighted by Crippen LogP contribution is 2.24. The average molecular weight is 198 g/mol. The van der Waals surface area contributed by atoms with Crippen molar-refractivity contribution in [2.24, 2.45) is 0 Å². The number of rotatable bonds is 1. The monoisotopic (exact) mass is 198 g/mol. The third-order valence-electron chi connectivity index (χ3n) is 2.18. The maximum atomic E-state index is 13.4. The predicted octanol–water partition coefficient (Wildman–Crippen LogP) is 2.96. The molecule has 0 unspecified atom stereocenters. The van der Waals surface area contributed by atoms with Crippen LogP contribution in [0.2, 0.25) is 0 Å². The van der Waals surface area contributed by atoms with E-state index < -0.39 is 23.0 Å². The smallest absolute Gasteiger partial charge is 0.177 e. The number of terminal acetylenes is 1. The molecule has 0 amide bonds. The van der Waals surface area contributed by atoms with E-state index in [1.807, 2.05) is 5.92 Å². The molecule has 1 aromatic rings. The summed E-state index contributed by atoms with van der Waals surface area (Å²) in [6.45, 7) is 2.99. The van der Waals surface area contributed by atoms with Gasteiger partial charge in [0.2, 0.25) is 0 Å². The zero-order chi connectivity index (χ0) is 10.9. The molecule has 0 aromatic heterocycles. The minimum atomic E-state index is -1.28. The van der Waals surface area contributed by atoms with Crippen molar-refractivity contribution in [1.29, 1.82) is 0 Å². The molecule has 0 bridgehead atoms. The molecule has 1 rings (SSSR count). The highest BCUT2D eigenvalue weighted by Gasteiger charge is 2.20. The van der Waals surface area contributed by atoms with Crippen LogP contribution in [-0.4, -0.2) is 0 Å². The normalized spacial score (nSPS) is 10.0. The van der Waals surface area contributed by atoms with Crippen LogP contribution in [0.5, 0.6) is 0 Å². The molecular weight excluding hydrogens is 189 g/mol. The van der Waals surface area contributed by atoms with Crippen LogP contribution in [0.3, 0.4) is 0 Å². The molecule has 1 aromatic carbocycles. The van der Waals surface area contributed by atoms with Gasteiger partial charge in [-0.15, -0.1) is 6.42 Å². The summed E-state index contributed by atoms with van der Waals surface area (Å²) in [5, 5.41) is 0. The quantitative estimate of drug-likeness (QED) is 0.480. The van der Waals surface area contributed by atoms with E-state index in [-0.39, 0.29) is 17.5 Å². The zero-order valence-electron chi connectivity index (χ0n) is 7.92. The lowest BCUT2D eigenvalue weighted by atomic mass is 10.0. The largest absolute Gasteiger partial charge is 0.205 e. The Bertz CT molecular complexity index is 411. The van der Waals surface area contributed by atoms with Crippen molar-refractivity contribution in [2.75, 3.05) is 0 Å². The zero-order valence-corrected chi connectivity index (χ0v) is 7.92. The first-order valence-corrected chi connectivity index (χ1v) is 4.17. The van der Waals surface area contributed by atoms with Crippen LogP contribution in [0.25, 0.3) is 0 Å². The van der Waals surface area contributed by atoms with E-state index in [9.17, 15) is 13.2 Å². The van der Waals surface area contributed by atoms with Gasteiger partial charge < -0.3 is 0 Å². The number of benzene rings is 1. The van der Waals surface area contributed by atoms with Crippen LogP contribution in [0.1, 0.15) is 23.6 Å². The Balaban J connectivity index is 3.67. The number of hydrogen-bond donors (Lipinski definition) is 0. The van der Waals surface area contributed by atoms with Gasteiger partial charge in [0.1, 0.15) is 5.82 Å². The van der Waals surface area contributed by atoms with E-state index in [1.54, 1.807) is 6.92 Å². The van der Waals surface area contributed by atoms with Gasteiger partial charge in [0, 0.05) is 0 Å². The molecule has 0 heterocycles. The average Bonchev–Trinajstić information content (AvgIpc) is 2.16. The molecule has 74 valence electrons. The lowest BCUT2D eigenvalue weighted by Gasteiger charge is -2.09. The van der Waals surface area contributed by atoms with Crippen molar-refractivity contribution >= 4 is 0 Å². The van der Waals surface area contributed by atoms with Gasteiger partial charge in [-0.3, -0.25) is 0 Å². The van der Waals surface area contributed by atoms with Gasteiger partial charge in [-0.1, -0.05) is 12.8 Å². The summed E-state index contributed by atoms with van der Waals surface area (Å²) in [7, 11) is 0. The van der Waals surface area contributed by atoms with Gasteiger partial charge in [-0.05, 0) is 24.5 Å². The molecule has 3 heteroatoms. The molecular formula is C11H9F3. The summed E-state index contributed by atoms with van der Waals surface area (Å²) in [4.78, 5) is 0. The molecule has 14 heavy (non-hydrogen) atoms. The minimum absolute atomic E-state index is 0.0125. The van der Waals surface area contributed by atoms with Crippen molar-refractivity contribution in [1.82, 2.24) is 0 Å². The van der Waals surface area contributed by atoms with Crippen molar-refractivity contribution in [2.45, 2.75) is 20.3 Å². The van der Waals surface area contributed by atoms with Crippen LogP contribution >= 0.6 is 0 Å². The standard InChI is InChI=1S/C11H9F3/c1-4-7-6(3)9(12)11(14)8(5-2)10(7)13/h2H,4H2,1,3H3. The Kier molecular flexibility index (Phi) is 2.85. The van der Waals surface area contributed by atoms with Crippen molar-refractivity contribution in [3.05, 3.63) is 34.1 Å². The van der Waals surface area contributed by atoms with E-state index in [0.717, 1.165) is 0 Å². The van der Waals surface area contributed by atoms with E-state index in [1.165, 1.54) is 6.92 Å². The maximum absolute atomic E-state index is 13.4. The van der Waals surface area contributed by atoms with E-state index in [0.29, 0.717) is 0 Å². The SMILES string of the molecule is C#Cc1c(F)c(F)c(C)c(CC)c1F. The van der Waals surface area contributed by atoms with Gasteiger partial charge in [-0.25, -0.2) is 13.2 Å². The molecule has 0 fully saturated rings. The van der Waals surface area contributed by atoms with Gasteiger partial charge in [0.05, 0.1) is 5.56 Å². The molecule has 0 atom stereocenters. The molecule has 0 radical (unpaired) electrons. The first-order chi connectivity index (χ1) is 6.54. The molecule has 0 saturated carbocycles. The first kappa shape index (κ1) is 10.6. The minimum Gasteiger partial charge on any atom is -0.205 e. The van der Waals surface area contributed by atoms with Gasteiger partial charge in [0.15, 0.2) is 11.6 Å². The predicted molar refractivity (Wildman–Crippen MR) is 48.4 cm³/mol. The Labute approximate surface area is 80.8 Å². The summed E-state index contributed by atoms with van der Waals surface area (Å²) in [6, 6.07) is 0. The van der Waals surface area contributed by atoms with Crippen LogP contribution < -0.4 is 0 Å². The lowest BCUT2D eigenvalue weighted by molar-refractivity contribution is 0.481. The van der Waals surface area contributed by atoms with Gasteiger partial charge in [0.25, 0.3) is 0 Å². The summed E-state index contributed by atoms with van der Waals surface area (Å²) >= 11 is 0.